The molecule has 0 heterocycles. The second-order valence-electron chi connectivity index (χ2n) is 9.04. The molecular weight excluding hydrogens is 588 g/mol. The van der Waals surface area contributed by atoms with Crippen molar-refractivity contribution in [2.24, 2.45) is 0 Å². The number of methoxy groups -OCH3 is 3. The molecule has 0 unspecified atom stereocenters. The van der Waals surface area contributed by atoms with Gasteiger partial charge in [-0.05, 0) is 78.4 Å². The quantitative estimate of drug-likeness (QED) is 0.103. The zero-order chi connectivity index (χ0) is 30.8. The summed E-state index contributed by atoms with van der Waals surface area (Å²) in [5, 5.41) is 6.12. The Morgan fingerprint density at radius 2 is 1.47 bits per heavy atom. The van der Waals surface area contributed by atoms with E-state index < -0.39 is 11.8 Å². The summed E-state index contributed by atoms with van der Waals surface area (Å²) in [5.74, 6) is 0.316. The first-order valence-corrected chi connectivity index (χ1v) is 14.4. The van der Waals surface area contributed by atoms with Gasteiger partial charge in [-0.3, -0.25) is 14.4 Å². The molecule has 0 bridgehead atoms. The highest BCUT2D eigenvalue weighted by Gasteiger charge is 2.18. The molecule has 8 nitrogen and oxygen atoms in total. The minimum atomic E-state index is -0.558. The summed E-state index contributed by atoms with van der Waals surface area (Å²) in [6.07, 6.45) is 1.52. The van der Waals surface area contributed by atoms with Crippen LogP contribution in [-0.4, -0.2) is 44.7 Å². The number of ketones is 1. The number of nitrogens with one attached hydrogen (secondary N) is 2. The fraction of sp³-hybridized carbons (Fsp3) is 0.121. The maximum absolute atomic E-state index is 13.6. The number of hydrogen-bond donors (Lipinski definition) is 2. The van der Waals surface area contributed by atoms with Crippen LogP contribution in [0.15, 0.2) is 102 Å². The van der Waals surface area contributed by atoms with E-state index in [1.54, 1.807) is 84.9 Å². The lowest BCUT2D eigenvalue weighted by Crippen LogP contribution is -2.30. The van der Waals surface area contributed by atoms with Crippen LogP contribution < -0.4 is 24.8 Å². The summed E-state index contributed by atoms with van der Waals surface area (Å²) in [6.45, 7) is 0. The lowest BCUT2D eigenvalue weighted by Gasteiger charge is -2.15. The number of ether oxygens (including phenoxy) is 3. The molecule has 4 aromatic carbocycles. The zero-order valence-electron chi connectivity index (χ0n) is 23.7. The molecule has 0 spiro atoms. The van der Waals surface area contributed by atoms with Crippen molar-refractivity contribution in [3.8, 4) is 17.2 Å². The highest BCUT2D eigenvalue weighted by atomic mass is 35.5. The molecule has 0 radical (unpaired) electrons. The minimum absolute atomic E-state index is 0.0147. The van der Waals surface area contributed by atoms with Crippen LogP contribution in [0.2, 0.25) is 5.02 Å². The van der Waals surface area contributed by atoms with Crippen molar-refractivity contribution in [3.05, 3.63) is 118 Å². The summed E-state index contributed by atoms with van der Waals surface area (Å²) in [4.78, 5) is 40.0. The second-order valence-corrected chi connectivity index (χ2v) is 10.5. The monoisotopic (exact) mass is 616 g/mol. The van der Waals surface area contributed by atoms with Gasteiger partial charge in [-0.1, -0.05) is 35.9 Å². The van der Waals surface area contributed by atoms with Gasteiger partial charge in [0.25, 0.3) is 11.8 Å². The maximum atomic E-state index is 13.6. The Kier molecular flexibility index (Phi) is 10.9. The van der Waals surface area contributed by atoms with Gasteiger partial charge in [0, 0.05) is 26.7 Å². The summed E-state index contributed by atoms with van der Waals surface area (Å²) in [5.41, 5.74) is 1.95. The number of carbonyl (C=O) groups is 3. The highest BCUT2D eigenvalue weighted by Crippen LogP contribution is 2.38. The van der Waals surface area contributed by atoms with E-state index in [-0.39, 0.29) is 17.2 Å². The summed E-state index contributed by atoms with van der Waals surface area (Å²) >= 11 is 7.26. The Balaban J connectivity index is 1.57. The second kappa shape index (κ2) is 14.9. The minimum Gasteiger partial charge on any atom is -0.493 e. The molecule has 2 N–H and O–H groups in total. The van der Waals surface area contributed by atoms with Crippen LogP contribution in [0.25, 0.3) is 6.08 Å². The average molecular weight is 617 g/mol. The van der Waals surface area contributed by atoms with Crippen molar-refractivity contribution in [2.75, 3.05) is 32.4 Å². The molecule has 2 amide bonds. The Morgan fingerprint density at radius 3 is 2.09 bits per heavy atom. The molecule has 0 aliphatic heterocycles. The number of rotatable bonds is 12. The SMILES string of the molecule is COc1cc(/C=C(\NC(=O)c2ccccc2)C(=O)Nc2cccc(SCC(=O)c3ccc(Cl)cc3)c2)cc(OC)c1OC. The van der Waals surface area contributed by atoms with Gasteiger partial charge in [-0.25, -0.2) is 0 Å². The fourth-order valence-electron chi connectivity index (χ4n) is 4.02. The first-order valence-electron chi connectivity index (χ1n) is 13.0. The van der Waals surface area contributed by atoms with Crippen LogP contribution in [0.3, 0.4) is 0 Å². The van der Waals surface area contributed by atoms with Crippen LogP contribution in [0, 0.1) is 0 Å². The normalized spacial score (nSPS) is 10.9. The van der Waals surface area contributed by atoms with E-state index in [2.05, 4.69) is 10.6 Å². The third kappa shape index (κ3) is 8.41. The number of hydrogen-bond acceptors (Lipinski definition) is 7. The molecule has 0 aromatic heterocycles. The summed E-state index contributed by atoms with van der Waals surface area (Å²) in [7, 11) is 4.47. The largest absolute Gasteiger partial charge is 0.493 e. The van der Waals surface area contributed by atoms with Gasteiger partial charge in [-0.2, -0.15) is 0 Å². The Bertz CT molecular complexity index is 1620. The van der Waals surface area contributed by atoms with Gasteiger partial charge in [0.05, 0.1) is 27.1 Å². The molecule has 0 aliphatic rings. The van der Waals surface area contributed by atoms with Crippen molar-refractivity contribution in [2.45, 2.75) is 4.90 Å². The number of thioether (sulfide) groups is 1. The summed E-state index contributed by atoms with van der Waals surface area (Å²) in [6, 6.07) is 25.7. The third-order valence-corrected chi connectivity index (χ3v) is 7.40. The van der Waals surface area contributed by atoms with E-state index in [0.717, 1.165) is 4.90 Å². The van der Waals surface area contributed by atoms with E-state index in [9.17, 15) is 14.4 Å². The maximum Gasteiger partial charge on any atom is 0.272 e. The lowest BCUT2D eigenvalue weighted by atomic mass is 10.1. The van der Waals surface area contributed by atoms with E-state index >= 15 is 0 Å². The molecule has 220 valence electrons. The number of carbonyl (C=O) groups excluding carboxylic acids is 3. The molecule has 0 fully saturated rings. The van der Waals surface area contributed by atoms with E-state index in [0.29, 0.717) is 44.6 Å². The molecule has 0 aliphatic carbocycles. The van der Waals surface area contributed by atoms with Gasteiger partial charge < -0.3 is 24.8 Å². The lowest BCUT2D eigenvalue weighted by molar-refractivity contribution is -0.113. The topological polar surface area (TPSA) is 103 Å². The molecule has 0 saturated carbocycles. The predicted octanol–water partition coefficient (Wildman–Crippen LogP) is 6.75. The average Bonchev–Trinajstić information content (AvgIpc) is 3.03. The first kappa shape index (κ1) is 31.2. The number of Topliss-reactive ketones (excluding diaryl/α,β-unsaturated/α-hetero) is 1. The van der Waals surface area contributed by atoms with Gasteiger partial charge in [0.15, 0.2) is 17.3 Å². The Hall–Kier alpha value is -4.73. The van der Waals surface area contributed by atoms with Crippen molar-refractivity contribution < 1.29 is 28.6 Å². The smallest absolute Gasteiger partial charge is 0.272 e. The fourth-order valence-corrected chi connectivity index (χ4v) is 5.00. The number of anilines is 1. The van der Waals surface area contributed by atoms with Gasteiger partial charge in [0.1, 0.15) is 5.70 Å². The van der Waals surface area contributed by atoms with Crippen molar-refractivity contribution in [3.63, 3.8) is 0 Å². The van der Waals surface area contributed by atoms with Crippen molar-refractivity contribution in [1.82, 2.24) is 5.32 Å². The first-order chi connectivity index (χ1) is 20.8. The zero-order valence-corrected chi connectivity index (χ0v) is 25.3. The summed E-state index contributed by atoms with van der Waals surface area (Å²) < 4.78 is 16.3. The predicted molar refractivity (Wildman–Crippen MR) is 170 cm³/mol. The molecule has 4 aromatic rings. The number of halogens is 1. The van der Waals surface area contributed by atoms with Crippen LogP contribution in [-0.2, 0) is 4.79 Å². The number of benzene rings is 4. The van der Waals surface area contributed by atoms with Crippen molar-refractivity contribution in [1.29, 1.82) is 0 Å². The standard InChI is InChI=1S/C33H29ClN2O6S/c1-40-29-17-21(18-30(41-2)31(29)42-3)16-27(36-32(38)23-8-5-4-6-9-23)33(39)35-25-10-7-11-26(19-25)43-20-28(37)22-12-14-24(34)15-13-22/h4-19H,20H2,1-3H3,(H,35,39)(H,36,38)/b27-16-. The van der Waals surface area contributed by atoms with E-state index in [1.807, 2.05) is 6.07 Å². The Labute approximate surface area is 259 Å². The van der Waals surface area contributed by atoms with Gasteiger partial charge in [0.2, 0.25) is 5.75 Å². The third-order valence-electron chi connectivity index (χ3n) is 6.15. The molecular formula is C33H29ClN2O6S. The van der Waals surface area contributed by atoms with Crippen LogP contribution >= 0.6 is 23.4 Å². The molecule has 4 rings (SSSR count). The van der Waals surface area contributed by atoms with Crippen LogP contribution in [0.4, 0.5) is 5.69 Å². The van der Waals surface area contributed by atoms with E-state index in [4.69, 9.17) is 25.8 Å². The number of amides is 2. The van der Waals surface area contributed by atoms with Gasteiger partial charge in [-0.15, -0.1) is 11.8 Å². The molecule has 10 heteroatoms. The van der Waals surface area contributed by atoms with Gasteiger partial charge >= 0.3 is 0 Å². The highest BCUT2D eigenvalue weighted by molar-refractivity contribution is 8.00. The van der Waals surface area contributed by atoms with Crippen molar-refractivity contribution >= 4 is 52.7 Å². The van der Waals surface area contributed by atoms with Crippen LogP contribution in [0.5, 0.6) is 17.2 Å². The molecule has 0 atom stereocenters. The Morgan fingerprint density at radius 1 is 0.791 bits per heavy atom. The van der Waals surface area contributed by atoms with Crippen LogP contribution in [0.1, 0.15) is 26.3 Å². The molecule has 43 heavy (non-hydrogen) atoms. The van der Waals surface area contributed by atoms with E-state index in [1.165, 1.54) is 39.2 Å². The molecule has 0 saturated heterocycles.